The van der Waals surface area contributed by atoms with Gasteiger partial charge in [-0.05, 0) is 25.2 Å². The average molecular weight is 219 g/mol. The second-order valence-corrected chi connectivity index (χ2v) is 5.54. The number of nitrogens with one attached hydrogen (secondary N) is 1. The molecule has 0 aromatic rings. The standard InChI is InChI=1S/C13H17NO2/c1-13-7-6-10-8(2-5-12(16)14-10)9(13)3-4-11(13)15/h6,8-9H,2-5,7H2,1H3,(H,14,16). The van der Waals surface area contributed by atoms with Crippen LogP contribution in [0, 0.1) is 17.3 Å². The molecule has 86 valence electrons. The predicted octanol–water partition coefficient (Wildman–Crippen LogP) is 1.79. The van der Waals surface area contributed by atoms with Crippen LogP contribution in [0.5, 0.6) is 0 Å². The number of carbonyl (C=O) groups excluding carboxylic acids is 2. The third-order valence-corrected chi connectivity index (χ3v) is 4.74. The van der Waals surface area contributed by atoms with Gasteiger partial charge in [0.2, 0.25) is 5.91 Å². The SMILES string of the molecule is CC12CC=C3NC(=O)CCC3C1CCC2=O. The lowest BCUT2D eigenvalue weighted by atomic mass is 9.64. The molecule has 1 aliphatic heterocycles. The van der Waals surface area contributed by atoms with Crippen LogP contribution < -0.4 is 5.32 Å². The van der Waals surface area contributed by atoms with Crippen LogP contribution in [0.4, 0.5) is 0 Å². The van der Waals surface area contributed by atoms with E-state index in [1.807, 2.05) is 0 Å². The number of rotatable bonds is 0. The minimum Gasteiger partial charge on any atom is -0.330 e. The molecule has 3 nitrogen and oxygen atoms in total. The van der Waals surface area contributed by atoms with Crippen LogP contribution in [0.15, 0.2) is 11.8 Å². The Hall–Kier alpha value is -1.12. The Kier molecular flexibility index (Phi) is 2.00. The lowest BCUT2D eigenvalue weighted by Gasteiger charge is -2.42. The van der Waals surface area contributed by atoms with Gasteiger partial charge in [-0.2, -0.15) is 0 Å². The van der Waals surface area contributed by atoms with Crippen LogP contribution in [-0.2, 0) is 9.59 Å². The van der Waals surface area contributed by atoms with Gasteiger partial charge in [0.1, 0.15) is 5.78 Å². The van der Waals surface area contributed by atoms with Gasteiger partial charge in [-0.1, -0.05) is 13.0 Å². The molecule has 0 aromatic carbocycles. The van der Waals surface area contributed by atoms with Crippen molar-refractivity contribution < 1.29 is 9.59 Å². The number of hydrogen-bond donors (Lipinski definition) is 1. The fourth-order valence-electron chi connectivity index (χ4n) is 3.71. The summed E-state index contributed by atoms with van der Waals surface area (Å²) in [5.74, 6) is 1.43. The minimum atomic E-state index is -0.143. The Labute approximate surface area is 95.3 Å². The van der Waals surface area contributed by atoms with Crippen molar-refractivity contribution in [3.05, 3.63) is 11.8 Å². The van der Waals surface area contributed by atoms with Crippen LogP contribution in [0.2, 0.25) is 0 Å². The number of allylic oxidation sites excluding steroid dienone is 2. The van der Waals surface area contributed by atoms with Crippen molar-refractivity contribution >= 4 is 11.7 Å². The van der Waals surface area contributed by atoms with Gasteiger partial charge in [0, 0.05) is 29.9 Å². The van der Waals surface area contributed by atoms with Crippen molar-refractivity contribution in [1.29, 1.82) is 0 Å². The third kappa shape index (κ3) is 1.20. The van der Waals surface area contributed by atoms with Gasteiger partial charge < -0.3 is 5.32 Å². The van der Waals surface area contributed by atoms with Crippen molar-refractivity contribution in [3.8, 4) is 0 Å². The van der Waals surface area contributed by atoms with Crippen LogP contribution >= 0.6 is 0 Å². The molecule has 1 amide bonds. The molecule has 2 aliphatic carbocycles. The maximum atomic E-state index is 12.0. The third-order valence-electron chi connectivity index (χ3n) is 4.74. The molecule has 16 heavy (non-hydrogen) atoms. The fourth-order valence-corrected chi connectivity index (χ4v) is 3.71. The summed E-state index contributed by atoms with van der Waals surface area (Å²) in [6, 6.07) is 0. The lowest BCUT2D eigenvalue weighted by Crippen LogP contribution is -2.44. The fraction of sp³-hybridized carbons (Fsp3) is 0.692. The smallest absolute Gasteiger partial charge is 0.224 e. The normalized spacial score (nSPS) is 42.2. The molecule has 1 heterocycles. The van der Waals surface area contributed by atoms with Gasteiger partial charge >= 0.3 is 0 Å². The van der Waals surface area contributed by atoms with Crippen LogP contribution in [0.1, 0.15) is 39.0 Å². The largest absolute Gasteiger partial charge is 0.330 e. The Morgan fingerprint density at radius 3 is 2.94 bits per heavy atom. The molecule has 1 N–H and O–H groups in total. The van der Waals surface area contributed by atoms with E-state index in [0.717, 1.165) is 31.4 Å². The highest BCUT2D eigenvalue weighted by Crippen LogP contribution is 2.53. The molecule has 3 unspecified atom stereocenters. The summed E-state index contributed by atoms with van der Waals surface area (Å²) in [5, 5.41) is 2.97. The summed E-state index contributed by atoms with van der Waals surface area (Å²) in [7, 11) is 0. The Morgan fingerprint density at radius 2 is 2.12 bits per heavy atom. The summed E-state index contributed by atoms with van der Waals surface area (Å²) in [6.07, 6.45) is 6.16. The van der Waals surface area contributed by atoms with Crippen molar-refractivity contribution in [2.75, 3.05) is 0 Å². The second-order valence-electron chi connectivity index (χ2n) is 5.54. The highest BCUT2D eigenvalue weighted by atomic mass is 16.1. The topological polar surface area (TPSA) is 46.2 Å². The first-order chi connectivity index (χ1) is 7.61. The molecule has 1 saturated heterocycles. The molecule has 0 radical (unpaired) electrons. The molecule has 2 fully saturated rings. The average Bonchev–Trinajstić information content (AvgIpc) is 2.56. The number of piperidine rings is 1. The van der Waals surface area contributed by atoms with E-state index in [0.29, 0.717) is 24.0 Å². The number of amides is 1. The van der Waals surface area contributed by atoms with Crippen LogP contribution in [0.3, 0.4) is 0 Å². The number of Topliss-reactive ketones (excluding diaryl/α,β-unsaturated/α-hetero) is 1. The highest BCUT2D eigenvalue weighted by molar-refractivity contribution is 5.88. The summed E-state index contributed by atoms with van der Waals surface area (Å²) >= 11 is 0. The first kappa shape index (κ1) is 10.1. The predicted molar refractivity (Wildman–Crippen MR) is 59.4 cm³/mol. The van der Waals surface area contributed by atoms with Gasteiger partial charge in [0.15, 0.2) is 0 Å². The van der Waals surface area contributed by atoms with E-state index < -0.39 is 0 Å². The zero-order valence-electron chi connectivity index (χ0n) is 9.58. The van der Waals surface area contributed by atoms with E-state index in [1.54, 1.807) is 0 Å². The van der Waals surface area contributed by atoms with E-state index in [4.69, 9.17) is 0 Å². The number of carbonyl (C=O) groups is 2. The first-order valence-corrected chi connectivity index (χ1v) is 6.14. The van der Waals surface area contributed by atoms with Crippen molar-refractivity contribution in [2.45, 2.75) is 39.0 Å². The minimum absolute atomic E-state index is 0.135. The molecule has 0 aromatic heterocycles. The van der Waals surface area contributed by atoms with Gasteiger partial charge in [-0.25, -0.2) is 0 Å². The summed E-state index contributed by atoms with van der Waals surface area (Å²) < 4.78 is 0. The maximum absolute atomic E-state index is 12.0. The van der Waals surface area contributed by atoms with E-state index in [1.165, 1.54) is 0 Å². The first-order valence-electron chi connectivity index (χ1n) is 6.14. The summed E-state index contributed by atoms with van der Waals surface area (Å²) in [5.41, 5.74) is 0.949. The number of fused-ring (bicyclic) bond motifs is 3. The molecule has 0 spiro atoms. The second kappa shape index (κ2) is 3.19. The summed E-state index contributed by atoms with van der Waals surface area (Å²) in [6.45, 7) is 2.11. The zero-order chi connectivity index (χ0) is 11.3. The molecule has 1 saturated carbocycles. The zero-order valence-corrected chi connectivity index (χ0v) is 9.58. The molecular weight excluding hydrogens is 202 g/mol. The number of ketones is 1. The van der Waals surface area contributed by atoms with Gasteiger partial charge in [0.25, 0.3) is 0 Å². The van der Waals surface area contributed by atoms with Gasteiger partial charge in [0.05, 0.1) is 0 Å². The summed E-state index contributed by atoms with van der Waals surface area (Å²) in [4.78, 5) is 23.3. The molecule has 3 heteroatoms. The Bertz CT molecular complexity index is 399. The van der Waals surface area contributed by atoms with Crippen molar-refractivity contribution in [2.24, 2.45) is 17.3 Å². The monoisotopic (exact) mass is 219 g/mol. The van der Waals surface area contributed by atoms with Crippen LogP contribution in [-0.4, -0.2) is 11.7 Å². The highest BCUT2D eigenvalue weighted by Gasteiger charge is 2.52. The molecule has 0 bridgehead atoms. The lowest BCUT2D eigenvalue weighted by molar-refractivity contribution is -0.127. The molecule has 3 rings (SSSR count). The molecule has 3 aliphatic rings. The maximum Gasteiger partial charge on any atom is 0.224 e. The molecule has 3 atom stereocenters. The van der Waals surface area contributed by atoms with E-state index >= 15 is 0 Å². The van der Waals surface area contributed by atoms with Gasteiger partial charge in [-0.3, -0.25) is 9.59 Å². The Morgan fingerprint density at radius 1 is 1.31 bits per heavy atom. The van der Waals surface area contributed by atoms with E-state index in [9.17, 15) is 9.59 Å². The van der Waals surface area contributed by atoms with Crippen LogP contribution in [0.25, 0.3) is 0 Å². The van der Waals surface area contributed by atoms with Crippen molar-refractivity contribution in [1.82, 2.24) is 5.32 Å². The van der Waals surface area contributed by atoms with Crippen molar-refractivity contribution in [3.63, 3.8) is 0 Å². The van der Waals surface area contributed by atoms with E-state index in [2.05, 4.69) is 18.3 Å². The van der Waals surface area contributed by atoms with Gasteiger partial charge in [-0.15, -0.1) is 0 Å². The van der Waals surface area contributed by atoms with E-state index in [-0.39, 0.29) is 11.3 Å². The Balaban J connectivity index is 1.96. The number of hydrogen-bond acceptors (Lipinski definition) is 2. The molecular formula is C13H17NO2. The quantitative estimate of drug-likeness (QED) is 0.675.